The predicted octanol–water partition coefficient (Wildman–Crippen LogP) is 0.593. The molecule has 0 radical (unpaired) electrons. The summed E-state index contributed by atoms with van der Waals surface area (Å²) in [6.45, 7) is 2.25. The largest absolute Gasteiger partial charge is 0.317 e. The Morgan fingerprint density at radius 1 is 1.33 bits per heavy atom. The molecule has 0 bridgehead atoms. The number of rotatable bonds is 1. The van der Waals surface area contributed by atoms with Gasteiger partial charge in [0.25, 0.3) is 0 Å². The lowest BCUT2D eigenvalue weighted by molar-refractivity contribution is 0.413. The fourth-order valence-electron chi connectivity index (χ4n) is 1.67. The molecular weight excluding hydrogens is 152 g/mol. The monoisotopic (exact) mass is 166 g/mol. The molecule has 1 aliphatic heterocycles. The Balaban J connectivity index is 2.02. The van der Waals surface area contributed by atoms with Crippen LogP contribution in [0.5, 0.6) is 0 Å². The molecule has 66 valence electrons. The molecule has 0 spiro atoms. The van der Waals surface area contributed by atoms with E-state index in [0.29, 0.717) is 6.04 Å². The average molecular weight is 166 g/mol. The number of aromatic nitrogens is 3. The first-order valence-electron chi connectivity index (χ1n) is 4.51. The lowest BCUT2D eigenvalue weighted by Gasteiger charge is -2.12. The minimum absolute atomic E-state index is 0.558. The van der Waals surface area contributed by atoms with Crippen molar-refractivity contribution >= 4 is 0 Å². The predicted molar refractivity (Wildman–Crippen MR) is 45.8 cm³/mol. The molecule has 1 N–H and O–H groups in total. The van der Waals surface area contributed by atoms with E-state index in [4.69, 9.17) is 0 Å². The van der Waals surface area contributed by atoms with E-state index < -0.39 is 0 Å². The lowest BCUT2D eigenvalue weighted by Crippen LogP contribution is -2.15. The van der Waals surface area contributed by atoms with Crippen LogP contribution >= 0.6 is 0 Å². The third-order valence-electron chi connectivity index (χ3n) is 2.36. The molecule has 1 atom stereocenters. The standard InChI is InChI=1S/C8H14N4/c1-2-8(3-5-9-4-1)12-7-10-6-11-12/h6-9H,1-5H2. The molecule has 1 fully saturated rings. The highest BCUT2D eigenvalue weighted by Crippen LogP contribution is 2.17. The Hall–Kier alpha value is -0.900. The van der Waals surface area contributed by atoms with Gasteiger partial charge in [0.05, 0.1) is 6.04 Å². The van der Waals surface area contributed by atoms with Crippen LogP contribution in [0.4, 0.5) is 0 Å². The van der Waals surface area contributed by atoms with E-state index in [9.17, 15) is 0 Å². The zero-order valence-electron chi connectivity index (χ0n) is 7.11. The van der Waals surface area contributed by atoms with Gasteiger partial charge >= 0.3 is 0 Å². The van der Waals surface area contributed by atoms with Crippen LogP contribution in [0.15, 0.2) is 12.7 Å². The van der Waals surface area contributed by atoms with Crippen LogP contribution in [0.25, 0.3) is 0 Å². The van der Waals surface area contributed by atoms with Gasteiger partial charge in [0.15, 0.2) is 0 Å². The Bertz CT molecular complexity index is 211. The summed E-state index contributed by atoms with van der Waals surface area (Å²) in [6, 6.07) is 0.558. The molecule has 2 rings (SSSR count). The van der Waals surface area contributed by atoms with Gasteiger partial charge in [-0.2, -0.15) is 5.10 Å². The number of hydrogen-bond donors (Lipinski definition) is 1. The lowest BCUT2D eigenvalue weighted by atomic mass is 10.1. The molecule has 1 unspecified atom stereocenters. The maximum atomic E-state index is 4.16. The van der Waals surface area contributed by atoms with Gasteiger partial charge in [0, 0.05) is 0 Å². The molecule has 1 aromatic rings. The maximum absolute atomic E-state index is 4.16. The van der Waals surface area contributed by atoms with E-state index >= 15 is 0 Å². The summed E-state index contributed by atoms with van der Waals surface area (Å²) in [5.74, 6) is 0. The molecule has 1 aromatic heterocycles. The van der Waals surface area contributed by atoms with Gasteiger partial charge in [0.1, 0.15) is 12.7 Å². The first kappa shape index (κ1) is 7.73. The van der Waals surface area contributed by atoms with Gasteiger partial charge in [-0.15, -0.1) is 0 Å². The van der Waals surface area contributed by atoms with Crippen LogP contribution < -0.4 is 5.32 Å². The summed E-state index contributed by atoms with van der Waals surface area (Å²) in [7, 11) is 0. The Kier molecular flexibility index (Phi) is 2.36. The minimum atomic E-state index is 0.558. The molecule has 2 heterocycles. The number of nitrogens with one attached hydrogen (secondary N) is 1. The van der Waals surface area contributed by atoms with E-state index in [1.165, 1.54) is 19.3 Å². The van der Waals surface area contributed by atoms with E-state index in [1.807, 2.05) is 11.0 Å². The number of hydrogen-bond acceptors (Lipinski definition) is 3. The smallest absolute Gasteiger partial charge is 0.137 e. The van der Waals surface area contributed by atoms with Crippen LogP contribution in [-0.4, -0.2) is 27.9 Å². The van der Waals surface area contributed by atoms with Crippen LogP contribution in [0, 0.1) is 0 Å². The molecule has 1 aliphatic rings. The van der Waals surface area contributed by atoms with E-state index in [1.54, 1.807) is 6.33 Å². The summed E-state index contributed by atoms with van der Waals surface area (Å²) in [6.07, 6.45) is 7.05. The quantitative estimate of drug-likeness (QED) is 0.664. The summed E-state index contributed by atoms with van der Waals surface area (Å²) in [5, 5.41) is 7.54. The highest BCUT2D eigenvalue weighted by molar-refractivity contribution is 4.72. The second-order valence-electron chi connectivity index (χ2n) is 3.21. The van der Waals surface area contributed by atoms with Gasteiger partial charge in [0.2, 0.25) is 0 Å². The second kappa shape index (κ2) is 3.67. The van der Waals surface area contributed by atoms with Crippen LogP contribution in [0.2, 0.25) is 0 Å². The summed E-state index contributed by atoms with van der Waals surface area (Å²) < 4.78 is 1.98. The van der Waals surface area contributed by atoms with Crippen molar-refractivity contribution < 1.29 is 0 Å². The van der Waals surface area contributed by atoms with Gasteiger partial charge in [-0.3, -0.25) is 0 Å². The van der Waals surface area contributed by atoms with Crippen molar-refractivity contribution in [3.05, 3.63) is 12.7 Å². The first-order chi connectivity index (χ1) is 5.97. The van der Waals surface area contributed by atoms with Crippen molar-refractivity contribution in [1.82, 2.24) is 20.1 Å². The third-order valence-corrected chi connectivity index (χ3v) is 2.36. The van der Waals surface area contributed by atoms with Crippen molar-refractivity contribution in [3.8, 4) is 0 Å². The SMILES string of the molecule is c1ncn(C2CCCNCC2)n1. The normalized spacial score (nSPS) is 25.2. The zero-order valence-corrected chi connectivity index (χ0v) is 7.11. The van der Waals surface area contributed by atoms with Crippen LogP contribution in [0.3, 0.4) is 0 Å². The summed E-state index contributed by atoms with van der Waals surface area (Å²) in [5.41, 5.74) is 0. The third kappa shape index (κ3) is 1.64. The molecule has 1 saturated heterocycles. The molecule has 12 heavy (non-hydrogen) atoms. The summed E-state index contributed by atoms with van der Waals surface area (Å²) >= 11 is 0. The number of nitrogens with zero attached hydrogens (tertiary/aromatic N) is 3. The highest BCUT2D eigenvalue weighted by Gasteiger charge is 2.13. The molecule has 0 saturated carbocycles. The highest BCUT2D eigenvalue weighted by atomic mass is 15.3. The van der Waals surface area contributed by atoms with Gasteiger partial charge in [-0.05, 0) is 32.4 Å². The Morgan fingerprint density at radius 3 is 3.17 bits per heavy atom. The van der Waals surface area contributed by atoms with Crippen molar-refractivity contribution in [2.24, 2.45) is 0 Å². The molecule has 4 heteroatoms. The van der Waals surface area contributed by atoms with E-state index in [0.717, 1.165) is 13.1 Å². The molecule has 4 nitrogen and oxygen atoms in total. The fourth-order valence-corrected chi connectivity index (χ4v) is 1.67. The van der Waals surface area contributed by atoms with Crippen molar-refractivity contribution in [1.29, 1.82) is 0 Å². The van der Waals surface area contributed by atoms with Crippen molar-refractivity contribution in [2.75, 3.05) is 13.1 Å². The average Bonchev–Trinajstić information content (AvgIpc) is 2.48. The van der Waals surface area contributed by atoms with E-state index in [-0.39, 0.29) is 0 Å². The van der Waals surface area contributed by atoms with Crippen LogP contribution in [0.1, 0.15) is 25.3 Å². The van der Waals surface area contributed by atoms with Gasteiger partial charge in [-0.25, -0.2) is 9.67 Å². The molecule has 0 aromatic carbocycles. The van der Waals surface area contributed by atoms with Gasteiger partial charge in [-0.1, -0.05) is 0 Å². The van der Waals surface area contributed by atoms with Crippen molar-refractivity contribution in [3.63, 3.8) is 0 Å². The fraction of sp³-hybridized carbons (Fsp3) is 0.750. The van der Waals surface area contributed by atoms with E-state index in [2.05, 4.69) is 15.4 Å². The topological polar surface area (TPSA) is 42.7 Å². The molecule has 0 aliphatic carbocycles. The molecular formula is C8H14N4. The van der Waals surface area contributed by atoms with Gasteiger partial charge < -0.3 is 5.32 Å². The summed E-state index contributed by atoms with van der Waals surface area (Å²) in [4.78, 5) is 3.96. The zero-order chi connectivity index (χ0) is 8.23. The second-order valence-corrected chi connectivity index (χ2v) is 3.21. The Labute approximate surface area is 72.0 Å². The first-order valence-corrected chi connectivity index (χ1v) is 4.51. The molecule has 0 amide bonds. The maximum Gasteiger partial charge on any atom is 0.137 e. The minimum Gasteiger partial charge on any atom is -0.317 e. The van der Waals surface area contributed by atoms with Crippen molar-refractivity contribution in [2.45, 2.75) is 25.3 Å². The van der Waals surface area contributed by atoms with Crippen LogP contribution in [-0.2, 0) is 0 Å². The Morgan fingerprint density at radius 2 is 2.33 bits per heavy atom.